The fourth-order valence-corrected chi connectivity index (χ4v) is 4.72. The van der Waals surface area contributed by atoms with Crippen molar-refractivity contribution in [2.24, 2.45) is 0 Å². The van der Waals surface area contributed by atoms with Gasteiger partial charge in [-0.15, -0.1) is 5.10 Å². The van der Waals surface area contributed by atoms with Crippen LogP contribution in [0.2, 0.25) is 5.02 Å². The number of amides is 1. The van der Waals surface area contributed by atoms with E-state index in [-0.39, 0.29) is 12.1 Å². The van der Waals surface area contributed by atoms with Crippen molar-refractivity contribution in [3.63, 3.8) is 0 Å². The number of aromatic nitrogens is 4. The van der Waals surface area contributed by atoms with Crippen LogP contribution in [-0.2, 0) is 21.6 Å². The molecular weight excluding hydrogens is 408 g/mol. The van der Waals surface area contributed by atoms with Gasteiger partial charge in [-0.05, 0) is 47.5 Å². The zero-order valence-corrected chi connectivity index (χ0v) is 17.7. The summed E-state index contributed by atoms with van der Waals surface area (Å²) in [6.07, 6.45) is 5.23. The first-order valence-electron chi connectivity index (χ1n) is 10.6. The SMILES string of the molecule is O=C(Nc1ccc(Cl)cc1)OCCn1nnnc1C1([NH+]2CCOCC2)CCCCC1. The molecule has 1 aliphatic heterocycles. The van der Waals surface area contributed by atoms with Crippen LogP contribution in [0.15, 0.2) is 24.3 Å². The van der Waals surface area contributed by atoms with E-state index in [1.807, 2.05) is 4.68 Å². The van der Waals surface area contributed by atoms with Crippen LogP contribution < -0.4 is 10.2 Å². The molecule has 2 heterocycles. The third kappa shape index (κ3) is 4.74. The number of carbonyl (C=O) groups excluding carboxylic acids is 1. The number of benzene rings is 1. The summed E-state index contributed by atoms with van der Waals surface area (Å²) >= 11 is 5.86. The van der Waals surface area contributed by atoms with Gasteiger partial charge in [0.05, 0.1) is 19.8 Å². The van der Waals surface area contributed by atoms with Gasteiger partial charge in [-0.25, -0.2) is 9.48 Å². The monoisotopic (exact) mass is 435 g/mol. The molecule has 0 radical (unpaired) electrons. The summed E-state index contributed by atoms with van der Waals surface area (Å²) in [5, 5.41) is 15.9. The van der Waals surface area contributed by atoms with Crippen LogP contribution in [0, 0.1) is 0 Å². The number of halogens is 1. The minimum absolute atomic E-state index is 0.0862. The number of nitrogens with one attached hydrogen (secondary N) is 2. The summed E-state index contributed by atoms with van der Waals surface area (Å²) in [6.45, 7) is 4.08. The molecule has 1 aromatic heterocycles. The lowest BCUT2D eigenvalue weighted by molar-refractivity contribution is -0.970. The lowest BCUT2D eigenvalue weighted by Gasteiger charge is -2.43. The van der Waals surface area contributed by atoms with Gasteiger partial charge in [0.25, 0.3) is 0 Å². The highest BCUT2D eigenvalue weighted by Gasteiger charge is 2.48. The van der Waals surface area contributed by atoms with Crippen LogP contribution in [0.4, 0.5) is 10.5 Å². The Morgan fingerprint density at radius 1 is 1.20 bits per heavy atom. The minimum Gasteiger partial charge on any atom is -0.447 e. The second-order valence-corrected chi connectivity index (χ2v) is 8.29. The van der Waals surface area contributed by atoms with Gasteiger partial charge in [-0.3, -0.25) is 5.32 Å². The molecular formula is C20H28ClN6O3+. The normalized spacial score (nSPS) is 19.4. The molecule has 30 heavy (non-hydrogen) atoms. The van der Waals surface area contributed by atoms with Crippen molar-refractivity contribution < 1.29 is 19.2 Å². The Labute approximate surface area is 180 Å². The summed E-state index contributed by atoms with van der Waals surface area (Å²) in [5.41, 5.74) is 0.543. The average Bonchev–Trinajstić information content (AvgIpc) is 3.26. The highest BCUT2D eigenvalue weighted by molar-refractivity contribution is 6.30. The fourth-order valence-electron chi connectivity index (χ4n) is 4.60. The van der Waals surface area contributed by atoms with Crippen molar-refractivity contribution in [1.82, 2.24) is 20.2 Å². The zero-order chi connectivity index (χ0) is 20.8. The molecule has 1 aliphatic carbocycles. The number of anilines is 1. The Bertz CT molecular complexity index is 831. The highest BCUT2D eigenvalue weighted by Crippen LogP contribution is 2.33. The van der Waals surface area contributed by atoms with Gasteiger partial charge in [0.1, 0.15) is 19.7 Å². The predicted octanol–water partition coefficient (Wildman–Crippen LogP) is 1.65. The van der Waals surface area contributed by atoms with Gasteiger partial charge >= 0.3 is 6.09 Å². The average molecular weight is 436 g/mol. The Balaban J connectivity index is 1.39. The molecule has 2 aliphatic rings. The molecule has 1 saturated heterocycles. The molecule has 1 amide bonds. The van der Waals surface area contributed by atoms with E-state index in [0.29, 0.717) is 17.3 Å². The molecule has 1 aromatic carbocycles. The van der Waals surface area contributed by atoms with E-state index >= 15 is 0 Å². The number of quaternary nitrogens is 1. The topological polar surface area (TPSA) is 95.6 Å². The molecule has 162 valence electrons. The molecule has 2 fully saturated rings. The van der Waals surface area contributed by atoms with Crippen LogP contribution in [0.5, 0.6) is 0 Å². The summed E-state index contributed by atoms with van der Waals surface area (Å²) in [6, 6.07) is 6.87. The smallest absolute Gasteiger partial charge is 0.411 e. The maximum Gasteiger partial charge on any atom is 0.411 e. The van der Waals surface area contributed by atoms with E-state index in [4.69, 9.17) is 21.1 Å². The zero-order valence-electron chi connectivity index (χ0n) is 17.0. The van der Waals surface area contributed by atoms with E-state index in [1.54, 1.807) is 24.3 Å². The maximum absolute atomic E-state index is 12.1. The number of nitrogens with zero attached hydrogens (tertiary/aromatic N) is 4. The van der Waals surface area contributed by atoms with Crippen LogP contribution in [0.3, 0.4) is 0 Å². The molecule has 0 atom stereocenters. The van der Waals surface area contributed by atoms with Crippen molar-refractivity contribution in [3.05, 3.63) is 35.1 Å². The molecule has 9 nitrogen and oxygen atoms in total. The number of morpholine rings is 1. The third-order valence-corrected chi connectivity index (χ3v) is 6.32. The second-order valence-electron chi connectivity index (χ2n) is 7.85. The van der Waals surface area contributed by atoms with Crippen molar-refractivity contribution in [3.8, 4) is 0 Å². The van der Waals surface area contributed by atoms with Gasteiger partial charge in [0.15, 0.2) is 5.54 Å². The molecule has 0 spiro atoms. The number of hydrogen-bond acceptors (Lipinski definition) is 6. The summed E-state index contributed by atoms with van der Waals surface area (Å²) in [5.74, 6) is 0.904. The summed E-state index contributed by atoms with van der Waals surface area (Å²) in [7, 11) is 0. The second kappa shape index (κ2) is 9.72. The van der Waals surface area contributed by atoms with Gasteiger partial charge in [-0.1, -0.05) is 18.0 Å². The van der Waals surface area contributed by atoms with Crippen molar-refractivity contribution in [2.75, 3.05) is 38.2 Å². The minimum atomic E-state index is -0.516. The molecule has 1 saturated carbocycles. The lowest BCUT2D eigenvalue weighted by Crippen LogP contribution is -3.20. The fraction of sp³-hybridized carbons (Fsp3) is 0.600. The maximum atomic E-state index is 12.1. The van der Waals surface area contributed by atoms with Gasteiger partial charge in [0, 0.05) is 23.6 Å². The third-order valence-electron chi connectivity index (χ3n) is 6.07. The van der Waals surface area contributed by atoms with E-state index in [2.05, 4.69) is 20.8 Å². The molecule has 10 heteroatoms. The standard InChI is InChI=1S/C20H27ClN6O3/c21-16-4-6-17(7-5-16)22-19(28)30-15-12-27-18(23-24-25-27)20(8-2-1-3-9-20)26-10-13-29-14-11-26/h4-7H,1-3,8-15H2,(H,22,28)/p+1. The van der Waals surface area contributed by atoms with E-state index < -0.39 is 6.09 Å². The molecule has 2 N–H and O–H groups in total. The highest BCUT2D eigenvalue weighted by atomic mass is 35.5. The molecule has 0 bridgehead atoms. The molecule has 2 aromatic rings. The number of tetrazole rings is 1. The van der Waals surface area contributed by atoms with E-state index in [9.17, 15) is 4.79 Å². The first-order chi connectivity index (χ1) is 14.7. The van der Waals surface area contributed by atoms with Gasteiger partial charge in [0.2, 0.25) is 5.82 Å². The van der Waals surface area contributed by atoms with Crippen LogP contribution in [-0.4, -0.2) is 59.2 Å². The first kappa shape index (κ1) is 21.0. The van der Waals surface area contributed by atoms with Gasteiger partial charge < -0.3 is 14.4 Å². The van der Waals surface area contributed by atoms with E-state index in [0.717, 1.165) is 45.0 Å². The summed E-state index contributed by atoms with van der Waals surface area (Å²) in [4.78, 5) is 13.6. The lowest BCUT2D eigenvalue weighted by atomic mass is 9.79. The van der Waals surface area contributed by atoms with Crippen LogP contribution >= 0.6 is 11.6 Å². The Morgan fingerprint density at radius 2 is 1.93 bits per heavy atom. The molecule has 4 rings (SSSR count). The Morgan fingerprint density at radius 3 is 2.67 bits per heavy atom. The van der Waals surface area contributed by atoms with Crippen molar-refractivity contribution >= 4 is 23.4 Å². The quantitative estimate of drug-likeness (QED) is 0.716. The number of rotatable bonds is 6. The predicted molar refractivity (Wildman–Crippen MR) is 111 cm³/mol. The number of hydrogen-bond donors (Lipinski definition) is 2. The van der Waals surface area contributed by atoms with Gasteiger partial charge in [-0.2, -0.15) is 0 Å². The summed E-state index contributed by atoms with van der Waals surface area (Å²) < 4.78 is 12.7. The van der Waals surface area contributed by atoms with E-state index in [1.165, 1.54) is 24.2 Å². The van der Waals surface area contributed by atoms with Crippen LogP contribution in [0.1, 0.15) is 37.9 Å². The Kier molecular flexibility index (Phi) is 6.81. The van der Waals surface area contributed by atoms with Crippen molar-refractivity contribution in [1.29, 1.82) is 0 Å². The first-order valence-corrected chi connectivity index (χ1v) is 10.9. The van der Waals surface area contributed by atoms with Crippen LogP contribution in [0.25, 0.3) is 0 Å². The number of ether oxygens (including phenoxy) is 2. The van der Waals surface area contributed by atoms with Crippen molar-refractivity contribution in [2.45, 2.75) is 44.2 Å². The molecule has 0 unspecified atom stereocenters. The Hall–Kier alpha value is -2.23. The largest absolute Gasteiger partial charge is 0.447 e. The number of carbonyl (C=O) groups is 1.